The molecule has 0 aromatic heterocycles. The van der Waals surface area contributed by atoms with Gasteiger partial charge >= 0.3 is 5.97 Å². The molecule has 0 aromatic carbocycles. The molecule has 0 aliphatic carbocycles. The van der Waals surface area contributed by atoms with Gasteiger partial charge in [-0.15, -0.1) is 0 Å². The van der Waals surface area contributed by atoms with Gasteiger partial charge in [0, 0.05) is 0 Å². The molecule has 0 bridgehead atoms. The first-order valence-corrected chi connectivity index (χ1v) is 2.58. The van der Waals surface area contributed by atoms with Crippen LogP contribution in [-0.2, 0) is 9.31 Å². The maximum Gasteiger partial charge on any atom is 0.499 e. The SMILES string of the molecule is COC(CC(C)O)=[O+][O-]. The number of ether oxygens (including phenoxy) is 1. The first-order chi connectivity index (χ1) is 4.20. The van der Waals surface area contributed by atoms with E-state index in [0.29, 0.717) is 0 Å². The Morgan fingerprint density at radius 2 is 2.44 bits per heavy atom. The topological polar surface area (TPSA) is 63.8 Å². The highest BCUT2D eigenvalue weighted by Crippen LogP contribution is 1.90. The minimum absolute atomic E-state index is 0.0926. The minimum Gasteiger partial charge on any atom is -0.588 e. The molecule has 0 radical (unpaired) electrons. The summed E-state index contributed by atoms with van der Waals surface area (Å²) in [4.78, 5) is 0. The van der Waals surface area contributed by atoms with E-state index in [-0.39, 0.29) is 12.4 Å². The number of methoxy groups -OCH3 is 1. The molecule has 4 nitrogen and oxygen atoms in total. The van der Waals surface area contributed by atoms with Crippen molar-refractivity contribution >= 4 is 5.97 Å². The lowest BCUT2D eigenvalue weighted by Crippen LogP contribution is -2.17. The molecule has 0 aromatic rings. The van der Waals surface area contributed by atoms with Gasteiger partial charge in [-0.25, -0.2) is 0 Å². The molecule has 0 heterocycles. The summed E-state index contributed by atoms with van der Waals surface area (Å²) in [6, 6.07) is 0. The van der Waals surface area contributed by atoms with E-state index in [9.17, 15) is 5.26 Å². The Morgan fingerprint density at radius 3 is 2.56 bits per heavy atom. The molecule has 1 N–H and O–H groups in total. The fraction of sp³-hybridized carbons (Fsp3) is 0.800. The second kappa shape index (κ2) is 4.14. The summed E-state index contributed by atoms with van der Waals surface area (Å²) in [5.41, 5.74) is 0. The number of hydrogen-bond acceptors (Lipinski definition) is 3. The van der Waals surface area contributed by atoms with Crippen LogP contribution in [0, 0.1) is 0 Å². The average Bonchev–Trinajstić information content (AvgIpc) is 1.82. The number of aliphatic hydroxyl groups excluding tert-OH is 1. The van der Waals surface area contributed by atoms with E-state index in [4.69, 9.17) is 5.11 Å². The van der Waals surface area contributed by atoms with Crippen LogP contribution in [0.15, 0.2) is 0 Å². The van der Waals surface area contributed by atoms with Gasteiger partial charge in [0.25, 0.3) is 0 Å². The van der Waals surface area contributed by atoms with Gasteiger partial charge < -0.3 is 15.1 Å². The molecular formula is C5H10O4. The lowest BCUT2D eigenvalue weighted by Gasteiger charge is -1.96. The Bertz CT molecular complexity index is 97.1. The number of aliphatic hydroxyl groups is 1. The molecule has 4 heteroatoms. The molecule has 9 heavy (non-hydrogen) atoms. The fourth-order valence-corrected chi connectivity index (χ4v) is 0.393. The van der Waals surface area contributed by atoms with Gasteiger partial charge in [0.05, 0.1) is 6.10 Å². The van der Waals surface area contributed by atoms with E-state index in [0.717, 1.165) is 0 Å². The summed E-state index contributed by atoms with van der Waals surface area (Å²) in [5.74, 6) is -0.0926. The van der Waals surface area contributed by atoms with E-state index in [2.05, 4.69) is 9.31 Å². The van der Waals surface area contributed by atoms with E-state index in [1.807, 2.05) is 0 Å². The third-order valence-corrected chi connectivity index (χ3v) is 0.783. The second-order valence-electron chi connectivity index (χ2n) is 1.71. The molecule has 0 aliphatic rings. The number of carbonyl (C=O) groups excluding carboxylic acids is 1. The Hall–Kier alpha value is -0.770. The lowest BCUT2D eigenvalue weighted by molar-refractivity contribution is -1.05. The van der Waals surface area contributed by atoms with Gasteiger partial charge in [-0.1, -0.05) is 0 Å². The normalized spacial score (nSPS) is 15.2. The monoisotopic (exact) mass is 134 g/mol. The molecular weight excluding hydrogens is 124 g/mol. The zero-order valence-corrected chi connectivity index (χ0v) is 5.46. The predicted molar refractivity (Wildman–Crippen MR) is 28.3 cm³/mol. The van der Waals surface area contributed by atoms with Crippen LogP contribution in [0.4, 0.5) is 0 Å². The third-order valence-electron chi connectivity index (χ3n) is 0.783. The van der Waals surface area contributed by atoms with E-state index >= 15 is 0 Å². The Kier molecular flexibility index (Phi) is 3.79. The van der Waals surface area contributed by atoms with Crippen molar-refractivity contribution in [3.05, 3.63) is 0 Å². The molecule has 0 fully saturated rings. The predicted octanol–water partition coefficient (Wildman–Crippen LogP) is -1.26. The standard InChI is InChI=1S/C5H10O4/c1-4(6)3-5(8-2)9-7/h4,6H,3H2,1-2H3. The first kappa shape index (κ1) is 8.23. The van der Waals surface area contributed by atoms with Crippen molar-refractivity contribution in [1.29, 1.82) is 0 Å². The number of esters is 1. The van der Waals surface area contributed by atoms with Gasteiger partial charge in [-0.3, -0.25) is 4.58 Å². The first-order valence-electron chi connectivity index (χ1n) is 2.58. The maximum atomic E-state index is 9.62. The molecule has 0 amide bonds. The lowest BCUT2D eigenvalue weighted by atomic mass is 10.3. The molecule has 1 atom stereocenters. The zero-order chi connectivity index (χ0) is 7.28. The highest BCUT2D eigenvalue weighted by molar-refractivity contribution is 5.69. The Labute approximate surface area is 53.3 Å². The molecule has 54 valence electrons. The van der Waals surface area contributed by atoms with Gasteiger partial charge in [0.2, 0.25) is 0 Å². The summed E-state index contributed by atoms with van der Waals surface area (Å²) in [5, 5.41) is 18.3. The van der Waals surface area contributed by atoms with Gasteiger partial charge in [-0.2, -0.15) is 0 Å². The van der Waals surface area contributed by atoms with Gasteiger partial charge in [0.1, 0.15) is 6.42 Å². The maximum absolute atomic E-state index is 9.62. The highest BCUT2D eigenvalue weighted by Gasteiger charge is 2.13. The summed E-state index contributed by atoms with van der Waals surface area (Å²) in [6.45, 7) is 1.54. The Balaban J connectivity index is 3.58. The van der Waals surface area contributed by atoms with Gasteiger partial charge in [-0.05, 0) is 6.92 Å². The quantitative estimate of drug-likeness (QED) is 0.222. The summed E-state index contributed by atoms with van der Waals surface area (Å²) >= 11 is 0. The second-order valence-corrected chi connectivity index (χ2v) is 1.71. The molecule has 0 spiro atoms. The Morgan fingerprint density at radius 1 is 1.89 bits per heavy atom. The highest BCUT2D eigenvalue weighted by atomic mass is 17.1. The van der Waals surface area contributed by atoms with Gasteiger partial charge in [0.15, 0.2) is 7.11 Å². The van der Waals surface area contributed by atoms with Crippen LogP contribution < -0.4 is 5.26 Å². The summed E-state index contributed by atoms with van der Waals surface area (Å²) in [6.07, 6.45) is -0.478. The van der Waals surface area contributed by atoms with Crippen molar-refractivity contribution in [2.45, 2.75) is 19.4 Å². The molecule has 0 saturated heterocycles. The molecule has 0 rings (SSSR count). The van der Waals surface area contributed by atoms with Crippen LogP contribution in [0.25, 0.3) is 0 Å². The van der Waals surface area contributed by atoms with Crippen LogP contribution in [0.3, 0.4) is 0 Å². The van der Waals surface area contributed by atoms with Crippen LogP contribution in [-0.4, -0.2) is 24.3 Å². The largest absolute Gasteiger partial charge is 0.588 e. The van der Waals surface area contributed by atoms with Crippen molar-refractivity contribution in [1.82, 2.24) is 0 Å². The molecule has 0 saturated carbocycles. The smallest absolute Gasteiger partial charge is 0.499 e. The molecule has 0 aliphatic heterocycles. The van der Waals surface area contributed by atoms with Crippen LogP contribution in [0.2, 0.25) is 0 Å². The van der Waals surface area contributed by atoms with Crippen molar-refractivity contribution in [2.24, 2.45) is 0 Å². The van der Waals surface area contributed by atoms with Crippen LogP contribution >= 0.6 is 0 Å². The third kappa shape index (κ3) is 3.78. The van der Waals surface area contributed by atoms with Crippen molar-refractivity contribution in [3.63, 3.8) is 0 Å². The van der Waals surface area contributed by atoms with E-state index in [1.165, 1.54) is 14.0 Å². The van der Waals surface area contributed by atoms with Crippen molar-refractivity contribution in [2.75, 3.05) is 7.11 Å². The zero-order valence-electron chi connectivity index (χ0n) is 5.46. The van der Waals surface area contributed by atoms with E-state index in [1.54, 1.807) is 0 Å². The number of rotatable bonds is 2. The minimum atomic E-state index is -0.603. The number of hydrogen-bond donors (Lipinski definition) is 1. The van der Waals surface area contributed by atoms with E-state index < -0.39 is 6.10 Å². The van der Waals surface area contributed by atoms with Crippen LogP contribution in [0.5, 0.6) is 0 Å². The average molecular weight is 134 g/mol. The summed E-state index contributed by atoms with van der Waals surface area (Å²) < 4.78 is 7.93. The fourth-order valence-electron chi connectivity index (χ4n) is 0.393. The molecule has 1 unspecified atom stereocenters. The van der Waals surface area contributed by atoms with Crippen molar-refractivity contribution in [3.8, 4) is 0 Å². The van der Waals surface area contributed by atoms with Crippen molar-refractivity contribution < 1.29 is 19.7 Å². The summed E-state index contributed by atoms with van der Waals surface area (Å²) in [7, 11) is 1.32. The van der Waals surface area contributed by atoms with Crippen LogP contribution in [0.1, 0.15) is 13.3 Å².